The molecule has 1 unspecified atom stereocenters. The van der Waals surface area contributed by atoms with Gasteiger partial charge in [-0.1, -0.05) is 29.8 Å². The van der Waals surface area contributed by atoms with E-state index in [1.807, 2.05) is 0 Å². The number of allylic oxidation sites excluding steroid dienone is 1. The van der Waals surface area contributed by atoms with Crippen molar-refractivity contribution in [3.8, 4) is 0 Å². The second kappa shape index (κ2) is 8.54. The molecular formula is C17H23FN2O2. The molecule has 0 saturated carbocycles. The van der Waals surface area contributed by atoms with Crippen LogP contribution >= 0.6 is 0 Å². The van der Waals surface area contributed by atoms with Crippen LogP contribution in [0.4, 0.5) is 9.18 Å². The van der Waals surface area contributed by atoms with Crippen LogP contribution in [-0.2, 0) is 0 Å². The third-order valence-electron chi connectivity index (χ3n) is 3.84. The van der Waals surface area contributed by atoms with Gasteiger partial charge in [0.15, 0.2) is 0 Å². The number of hydrogen-bond acceptors (Lipinski definition) is 2. The smallest absolute Gasteiger partial charge is 0.314 e. The molecule has 1 aliphatic rings. The number of benzene rings is 1. The lowest BCUT2D eigenvalue weighted by molar-refractivity contribution is 0.169. The van der Waals surface area contributed by atoms with Crippen LogP contribution in [0.3, 0.4) is 0 Å². The summed E-state index contributed by atoms with van der Waals surface area (Å²) >= 11 is 0. The molecule has 1 aromatic carbocycles. The van der Waals surface area contributed by atoms with Crippen molar-refractivity contribution in [2.24, 2.45) is 0 Å². The van der Waals surface area contributed by atoms with Crippen LogP contribution in [-0.4, -0.2) is 24.2 Å². The summed E-state index contributed by atoms with van der Waals surface area (Å²) in [5, 5.41) is 15.2. The maximum Gasteiger partial charge on any atom is 0.314 e. The van der Waals surface area contributed by atoms with E-state index in [9.17, 15) is 14.3 Å². The summed E-state index contributed by atoms with van der Waals surface area (Å²) in [6, 6.07) is 5.67. The molecule has 0 radical (unpaired) electrons. The highest BCUT2D eigenvalue weighted by Crippen LogP contribution is 2.19. The Bertz CT molecular complexity index is 531. The Morgan fingerprint density at radius 3 is 2.82 bits per heavy atom. The highest BCUT2D eigenvalue weighted by molar-refractivity contribution is 5.73. The molecule has 22 heavy (non-hydrogen) atoms. The summed E-state index contributed by atoms with van der Waals surface area (Å²) in [5.74, 6) is -0.471. The van der Waals surface area contributed by atoms with E-state index in [1.54, 1.807) is 12.1 Å². The third-order valence-corrected chi connectivity index (χ3v) is 3.84. The van der Waals surface area contributed by atoms with Crippen molar-refractivity contribution < 1.29 is 14.3 Å². The minimum Gasteiger partial charge on any atom is -0.386 e. The molecule has 0 heterocycles. The van der Waals surface area contributed by atoms with Gasteiger partial charge in [-0.25, -0.2) is 9.18 Å². The minimum atomic E-state index is -1.05. The summed E-state index contributed by atoms with van der Waals surface area (Å²) in [5.41, 5.74) is 1.59. The first-order valence-electron chi connectivity index (χ1n) is 7.79. The number of rotatable bonds is 6. The summed E-state index contributed by atoms with van der Waals surface area (Å²) in [6.45, 7) is 0.558. The van der Waals surface area contributed by atoms with E-state index in [2.05, 4.69) is 16.7 Å². The van der Waals surface area contributed by atoms with Gasteiger partial charge in [0.1, 0.15) is 5.82 Å². The molecule has 0 saturated heterocycles. The number of urea groups is 1. The number of hydrogen-bond donors (Lipinski definition) is 3. The molecule has 120 valence electrons. The van der Waals surface area contributed by atoms with Gasteiger partial charge in [-0.2, -0.15) is 0 Å². The lowest BCUT2D eigenvalue weighted by atomic mass is 9.97. The largest absolute Gasteiger partial charge is 0.386 e. The Kier molecular flexibility index (Phi) is 6.40. The fourth-order valence-electron chi connectivity index (χ4n) is 2.58. The number of aliphatic hydroxyl groups excluding tert-OH is 1. The summed E-state index contributed by atoms with van der Waals surface area (Å²) < 4.78 is 13.5. The molecule has 4 nitrogen and oxygen atoms in total. The average Bonchev–Trinajstić information content (AvgIpc) is 2.54. The second-order valence-corrected chi connectivity index (χ2v) is 5.53. The van der Waals surface area contributed by atoms with Gasteiger partial charge in [0.25, 0.3) is 0 Å². The Balaban J connectivity index is 1.67. The summed E-state index contributed by atoms with van der Waals surface area (Å²) in [6.07, 6.45) is 6.81. The van der Waals surface area contributed by atoms with Crippen LogP contribution in [0.25, 0.3) is 0 Å². The highest BCUT2D eigenvalue weighted by atomic mass is 19.1. The average molecular weight is 306 g/mol. The highest BCUT2D eigenvalue weighted by Gasteiger charge is 2.13. The normalized spacial score (nSPS) is 15.8. The summed E-state index contributed by atoms with van der Waals surface area (Å²) in [4.78, 5) is 11.7. The van der Waals surface area contributed by atoms with E-state index in [0.29, 0.717) is 6.54 Å². The minimum absolute atomic E-state index is 0.0184. The first kappa shape index (κ1) is 16.5. The maximum atomic E-state index is 13.5. The molecule has 0 aliphatic heterocycles. The van der Waals surface area contributed by atoms with Gasteiger partial charge in [0, 0.05) is 18.7 Å². The van der Waals surface area contributed by atoms with E-state index >= 15 is 0 Å². The van der Waals surface area contributed by atoms with Gasteiger partial charge >= 0.3 is 6.03 Å². The van der Waals surface area contributed by atoms with Crippen molar-refractivity contribution in [3.63, 3.8) is 0 Å². The van der Waals surface area contributed by atoms with Crippen LogP contribution in [0.2, 0.25) is 0 Å². The Labute approximate surface area is 130 Å². The van der Waals surface area contributed by atoms with Crippen molar-refractivity contribution in [2.75, 3.05) is 13.1 Å². The zero-order valence-corrected chi connectivity index (χ0v) is 12.6. The maximum absolute atomic E-state index is 13.5. The number of aliphatic hydroxyl groups is 1. The van der Waals surface area contributed by atoms with Gasteiger partial charge < -0.3 is 15.7 Å². The van der Waals surface area contributed by atoms with Crippen LogP contribution in [0, 0.1) is 5.82 Å². The van der Waals surface area contributed by atoms with E-state index in [1.165, 1.54) is 30.5 Å². The molecular weight excluding hydrogens is 283 g/mol. The fourth-order valence-corrected chi connectivity index (χ4v) is 2.58. The predicted molar refractivity (Wildman–Crippen MR) is 83.9 cm³/mol. The monoisotopic (exact) mass is 306 g/mol. The molecule has 3 N–H and O–H groups in total. The third kappa shape index (κ3) is 5.15. The van der Waals surface area contributed by atoms with Crippen molar-refractivity contribution >= 4 is 6.03 Å². The topological polar surface area (TPSA) is 61.4 Å². The summed E-state index contributed by atoms with van der Waals surface area (Å²) in [7, 11) is 0. The standard InChI is InChI=1S/C17H23FN2O2/c18-15-9-5-4-8-14(15)16(21)12-20-17(22)19-11-10-13-6-2-1-3-7-13/h4-6,8-9,16,21H,1-3,7,10-12H2,(H2,19,20,22). The van der Waals surface area contributed by atoms with Crippen molar-refractivity contribution in [1.29, 1.82) is 0 Å². The lowest BCUT2D eigenvalue weighted by Crippen LogP contribution is -2.38. The zero-order chi connectivity index (χ0) is 15.8. The Hall–Kier alpha value is -1.88. The molecule has 0 bridgehead atoms. The van der Waals surface area contributed by atoms with Gasteiger partial charge in [-0.05, 0) is 38.2 Å². The number of nitrogens with one attached hydrogen (secondary N) is 2. The van der Waals surface area contributed by atoms with E-state index in [4.69, 9.17) is 0 Å². The SMILES string of the molecule is O=C(NCCC1=CCCCC1)NCC(O)c1ccccc1F. The number of halogens is 1. The van der Waals surface area contributed by atoms with Gasteiger partial charge in [0.05, 0.1) is 6.10 Å². The second-order valence-electron chi connectivity index (χ2n) is 5.53. The number of carbonyl (C=O) groups excluding carboxylic acids is 1. The molecule has 2 amide bonds. The molecule has 1 aromatic rings. The van der Waals surface area contributed by atoms with E-state index in [-0.39, 0.29) is 18.1 Å². The van der Waals surface area contributed by atoms with Crippen LogP contribution in [0.5, 0.6) is 0 Å². The molecule has 1 atom stereocenters. The first-order chi connectivity index (χ1) is 10.7. The van der Waals surface area contributed by atoms with Crippen molar-refractivity contribution in [2.45, 2.75) is 38.2 Å². The van der Waals surface area contributed by atoms with E-state index in [0.717, 1.165) is 19.3 Å². The Morgan fingerprint density at radius 1 is 1.27 bits per heavy atom. The number of amides is 2. The van der Waals surface area contributed by atoms with Crippen LogP contribution in [0.1, 0.15) is 43.8 Å². The van der Waals surface area contributed by atoms with Crippen LogP contribution in [0.15, 0.2) is 35.9 Å². The van der Waals surface area contributed by atoms with Crippen molar-refractivity contribution in [1.82, 2.24) is 10.6 Å². The molecule has 1 aliphatic carbocycles. The van der Waals surface area contributed by atoms with Crippen molar-refractivity contribution in [3.05, 3.63) is 47.3 Å². The zero-order valence-electron chi connectivity index (χ0n) is 12.6. The molecule has 2 rings (SSSR count). The van der Waals surface area contributed by atoms with Gasteiger partial charge in [-0.15, -0.1) is 0 Å². The van der Waals surface area contributed by atoms with Gasteiger partial charge in [0.2, 0.25) is 0 Å². The first-order valence-corrected chi connectivity index (χ1v) is 7.79. The number of carbonyl (C=O) groups is 1. The quantitative estimate of drug-likeness (QED) is 0.707. The molecule has 0 fully saturated rings. The molecule has 5 heteroatoms. The van der Waals surface area contributed by atoms with Gasteiger partial charge in [-0.3, -0.25) is 0 Å². The molecule has 0 spiro atoms. The fraction of sp³-hybridized carbons (Fsp3) is 0.471. The van der Waals surface area contributed by atoms with E-state index < -0.39 is 11.9 Å². The Morgan fingerprint density at radius 2 is 2.09 bits per heavy atom. The van der Waals surface area contributed by atoms with Crippen LogP contribution < -0.4 is 10.6 Å². The molecule has 0 aromatic heterocycles. The predicted octanol–water partition coefficient (Wildman–Crippen LogP) is 3.05. The lowest BCUT2D eigenvalue weighted by Gasteiger charge is -2.15.